The molecule has 1 amide bonds. The van der Waals surface area contributed by atoms with Gasteiger partial charge in [-0.25, -0.2) is 0 Å². The predicted octanol–water partition coefficient (Wildman–Crippen LogP) is 4.34. The fraction of sp³-hybridized carbons (Fsp3) is 0.318. The van der Waals surface area contributed by atoms with Crippen LogP contribution in [0.4, 0.5) is 0 Å². The van der Waals surface area contributed by atoms with Gasteiger partial charge in [-0.05, 0) is 53.8 Å². The van der Waals surface area contributed by atoms with Crippen LogP contribution in [0.25, 0.3) is 10.1 Å². The monoisotopic (exact) mass is 364 g/mol. The minimum Gasteiger partial charge on any atom is -0.349 e. The maximum Gasteiger partial charge on any atom is 0.251 e. The lowest BCUT2D eigenvalue weighted by molar-refractivity contribution is 0.0911. The van der Waals surface area contributed by atoms with Crippen LogP contribution >= 0.6 is 11.3 Å². The highest BCUT2D eigenvalue weighted by Crippen LogP contribution is 2.26. The van der Waals surface area contributed by atoms with Crippen molar-refractivity contribution in [3.8, 4) is 0 Å². The Hall–Kier alpha value is -2.17. The summed E-state index contributed by atoms with van der Waals surface area (Å²) in [5.74, 6) is 0.0498. The number of amides is 1. The minimum atomic E-state index is 0.0498. The van der Waals surface area contributed by atoms with Gasteiger partial charge in [0.1, 0.15) is 0 Å². The van der Waals surface area contributed by atoms with Crippen molar-refractivity contribution < 1.29 is 4.79 Å². The molecule has 0 atom stereocenters. The number of hydrogen-bond donors (Lipinski definition) is 1. The van der Waals surface area contributed by atoms with Crippen LogP contribution in [0.3, 0.4) is 0 Å². The normalized spacial score (nSPS) is 16.0. The Morgan fingerprint density at radius 1 is 1.04 bits per heavy atom. The molecule has 0 saturated carbocycles. The SMILES string of the molecule is O=C(NC1CCN(CCc2csc3ccccc23)CC1)c1ccccc1. The zero-order valence-electron chi connectivity index (χ0n) is 14.9. The molecule has 4 rings (SSSR count). The topological polar surface area (TPSA) is 32.3 Å². The molecule has 1 saturated heterocycles. The summed E-state index contributed by atoms with van der Waals surface area (Å²) in [4.78, 5) is 14.8. The first kappa shape index (κ1) is 17.3. The van der Waals surface area contributed by atoms with E-state index in [1.807, 2.05) is 41.7 Å². The Morgan fingerprint density at radius 3 is 2.58 bits per heavy atom. The molecule has 1 fully saturated rings. The van der Waals surface area contributed by atoms with E-state index < -0.39 is 0 Å². The second kappa shape index (κ2) is 8.02. The third-order valence-corrected chi connectivity index (χ3v) is 6.23. The van der Waals surface area contributed by atoms with Gasteiger partial charge in [0.25, 0.3) is 5.91 Å². The highest BCUT2D eigenvalue weighted by molar-refractivity contribution is 7.17. The molecular weight excluding hydrogens is 340 g/mol. The van der Waals surface area contributed by atoms with Crippen LogP contribution in [0.5, 0.6) is 0 Å². The Kier molecular flexibility index (Phi) is 5.32. The van der Waals surface area contributed by atoms with Crippen LogP contribution in [-0.2, 0) is 6.42 Å². The summed E-state index contributed by atoms with van der Waals surface area (Å²) in [6.45, 7) is 3.21. The summed E-state index contributed by atoms with van der Waals surface area (Å²) in [7, 11) is 0. The van der Waals surface area contributed by atoms with Gasteiger partial charge in [-0.3, -0.25) is 4.79 Å². The number of carbonyl (C=O) groups is 1. The summed E-state index contributed by atoms with van der Waals surface area (Å²) in [5.41, 5.74) is 2.21. The molecule has 2 heterocycles. The summed E-state index contributed by atoms with van der Waals surface area (Å²) in [6.07, 6.45) is 3.16. The second-order valence-corrected chi connectivity index (χ2v) is 7.87. The standard InChI is InChI=1S/C22H24N2OS/c25-22(17-6-2-1-3-7-17)23-19-11-14-24(15-12-19)13-10-18-16-26-21-9-5-4-8-20(18)21/h1-9,16,19H,10-15H2,(H,23,25). The molecule has 134 valence electrons. The maximum absolute atomic E-state index is 12.3. The Morgan fingerprint density at radius 2 is 1.77 bits per heavy atom. The van der Waals surface area contributed by atoms with E-state index in [2.05, 4.69) is 39.9 Å². The molecule has 2 aromatic carbocycles. The average molecular weight is 365 g/mol. The van der Waals surface area contributed by atoms with Gasteiger partial charge in [0, 0.05) is 35.9 Å². The van der Waals surface area contributed by atoms with Crippen molar-refractivity contribution in [2.75, 3.05) is 19.6 Å². The highest BCUT2D eigenvalue weighted by Gasteiger charge is 2.21. The number of fused-ring (bicyclic) bond motifs is 1. The second-order valence-electron chi connectivity index (χ2n) is 6.96. The highest BCUT2D eigenvalue weighted by atomic mass is 32.1. The molecule has 0 radical (unpaired) electrons. The molecule has 0 spiro atoms. The van der Waals surface area contributed by atoms with Crippen LogP contribution in [-0.4, -0.2) is 36.5 Å². The Bertz CT molecular complexity index is 866. The number of nitrogens with zero attached hydrogens (tertiary/aromatic N) is 1. The van der Waals surface area contributed by atoms with Crippen molar-refractivity contribution in [2.24, 2.45) is 0 Å². The molecule has 1 N–H and O–H groups in total. The third kappa shape index (κ3) is 3.97. The van der Waals surface area contributed by atoms with Crippen molar-refractivity contribution >= 4 is 27.3 Å². The molecule has 1 aromatic heterocycles. The van der Waals surface area contributed by atoms with Crippen LogP contribution in [0, 0.1) is 0 Å². The van der Waals surface area contributed by atoms with E-state index in [-0.39, 0.29) is 5.91 Å². The first-order chi connectivity index (χ1) is 12.8. The van der Waals surface area contributed by atoms with Crippen LogP contribution in [0.2, 0.25) is 0 Å². The van der Waals surface area contributed by atoms with Crippen LogP contribution in [0.1, 0.15) is 28.8 Å². The van der Waals surface area contributed by atoms with Crippen LogP contribution in [0.15, 0.2) is 60.0 Å². The van der Waals surface area contributed by atoms with Crippen molar-refractivity contribution in [3.63, 3.8) is 0 Å². The van der Waals surface area contributed by atoms with Gasteiger partial charge in [0.05, 0.1) is 0 Å². The van der Waals surface area contributed by atoms with E-state index in [1.54, 1.807) is 0 Å². The van der Waals surface area contributed by atoms with Gasteiger partial charge < -0.3 is 10.2 Å². The third-order valence-electron chi connectivity index (χ3n) is 5.22. The largest absolute Gasteiger partial charge is 0.349 e. The van der Waals surface area contributed by atoms with Gasteiger partial charge >= 0.3 is 0 Å². The first-order valence-electron chi connectivity index (χ1n) is 9.33. The maximum atomic E-state index is 12.3. The van der Waals surface area contributed by atoms with E-state index in [9.17, 15) is 4.79 Å². The zero-order chi connectivity index (χ0) is 17.8. The fourth-order valence-corrected chi connectivity index (χ4v) is 4.66. The fourth-order valence-electron chi connectivity index (χ4n) is 3.66. The number of hydrogen-bond acceptors (Lipinski definition) is 3. The average Bonchev–Trinajstić information content (AvgIpc) is 3.11. The van der Waals surface area contributed by atoms with Crippen molar-refractivity contribution in [1.29, 1.82) is 0 Å². The van der Waals surface area contributed by atoms with Crippen molar-refractivity contribution in [2.45, 2.75) is 25.3 Å². The Labute approximate surface area is 158 Å². The van der Waals surface area contributed by atoms with E-state index in [4.69, 9.17) is 0 Å². The molecule has 0 unspecified atom stereocenters. The molecular formula is C22H24N2OS. The molecule has 0 bridgehead atoms. The van der Waals surface area contributed by atoms with Gasteiger partial charge in [0.2, 0.25) is 0 Å². The number of nitrogens with one attached hydrogen (secondary N) is 1. The van der Waals surface area contributed by atoms with Gasteiger partial charge in [-0.1, -0.05) is 36.4 Å². The molecule has 26 heavy (non-hydrogen) atoms. The van der Waals surface area contributed by atoms with Crippen molar-refractivity contribution in [3.05, 3.63) is 71.1 Å². The summed E-state index contributed by atoms with van der Waals surface area (Å²) in [5, 5.41) is 6.89. The lowest BCUT2D eigenvalue weighted by Crippen LogP contribution is -2.45. The Balaban J connectivity index is 1.25. The molecule has 1 aliphatic heterocycles. The quantitative estimate of drug-likeness (QED) is 0.730. The minimum absolute atomic E-state index is 0.0498. The lowest BCUT2D eigenvalue weighted by atomic mass is 10.0. The molecule has 1 aliphatic rings. The summed E-state index contributed by atoms with van der Waals surface area (Å²) < 4.78 is 1.38. The first-order valence-corrected chi connectivity index (χ1v) is 10.2. The number of rotatable bonds is 5. The zero-order valence-corrected chi connectivity index (χ0v) is 15.7. The lowest BCUT2D eigenvalue weighted by Gasteiger charge is -2.32. The molecule has 3 nitrogen and oxygen atoms in total. The predicted molar refractivity (Wildman–Crippen MR) is 109 cm³/mol. The van der Waals surface area contributed by atoms with Gasteiger partial charge in [-0.2, -0.15) is 0 Å². The number of carbonyl (C=O) groups excluding carboxylic acids is 1. The number of benzene rings is 2. The van der Waals surface area contributed by atoms with E-state index in [0.717, 1.165) is 44.5 Å². The van der Waals surface area contributed by atoms with Crippen molar-refractivity contribution in [1.82, 2.24) is 10.2 Å². The van der Waals surface area contributed by atoms with Gasteiger partial charge in [-0.15, -0.1) is 11.3 Å². The summed E-state index contributed by atoms with van der Waals surface area (Å²) in [6, 6.07) is 18.4. The summed E-state index contributed by atoms with van der Waals surface area (Å²) >= 11 is 1.84. The number of thiophene rings is 1. The molecule has 4 heteroatoms. The van der Waals surface area contributed by atoms with Crippen LogP contribution < -0.4 is 5.32 Å². The van der Waals surface area contributed by atoms with Gasteiger partial charge in [0.15, 0.2) is 0 Å². The van der Waals surface area contributed by atoms with E-state index in [1.165, 1.54) is 15.6 Å². The number of likely N-dealkylation sites (tertiary alicyclic amines) is 1. The molecule has 3 aromatic rings. The van der Waals surface area contributed by atoms with E-state index >= 15 is 0 Å². The molecule has 0 aliphatic carbocycles. The smallest absolute Gasteiger partial charge is 0.251 e. The van der Waals surface area contributed by atoms with E-state index in [0.29, 0.717) is 6.04 Å². The number of piperidine rings is 1.